The first-order valence-electron chi connectivity index (χ1n) is 22.1. The summed E-state index contributed by atoms with van der Waals surface area (Å²) in [5.74, 6) is 3.15. The van der Waals surface area contributed by atoms with Crippen molar-refractivity contribution < 1.29 is 19.0 Å². The van der Waals surface area contributed by atoms with Gasteiger partial charge in [-0.2, -0.15) is 19.9 Å². The number of likely N-dealkylation sites (N-methyl/N-ethyl adjacent to an activating group) is 1. The number of Topliss-reactive ketones (excluding diaryl/α,β-unsaturated/α-hetero) is 1. The number of carbonyl (C=O) groups is 1. The molecular weight excluding hydrogens is 786 g/mol. The molecule has 14 nitrogen and oxygen atoms in total. The van der Waals surface area contributed by atoms with Crippen molar-refractivity contribution in [2.75, 3.05) is 72.5 Å². The molecule has 0 amide bonds. The lowest BCUT2D eigenvalue weighted by Gasteiger charge is -2.31. The van der Waals surface area contributed by atoms with Crippen molar-refractivity contribution in [3.8, 4) is 17.0 Å². The number of rotatable bonds is 16. The van der Waals surface area contributed by atoms with E-state index in [2.05, 4.69) is 78.3 Å². The van der Waals surface area contributed by atoms with E-state index in [1.807, 2.05) is 12.1 Å². The highest BCUT2D eigenvalue weighted by molar-refractivity contribution is 5.94. The first-order chi connectivity index (χ1) is 30.2. The Kier molecular flexibility index (Phi) is 13.7. The number of aliphatic hydroxyl groups is 1. The number of aliphatic hydroxyl groups excluding tert-OH is 1. The number of hydrogen-bond acceptors (Lipinski definition) is 14. The Bertz CT molecular complexity index is 2300. The van der Waals surface area contributed by atoms with E-state index < -0.39 is 5.82 Å². The highest BCUT2D eigenvalue weighted by Crippen LogP contribution is 2.38. The molecule has 2 saturated heterocycles. The lowest BCUT2D eigenvalue weighted by Crippen LogP contribution is -2.36. The van der Waals surface area contributed by atoms with E-state index in [-0.39, 0.29) is 17.6 Å². The summed E-state index contributed by atoms with van der Waals surface area (Å²) in [6.45, 7) is 8.75. The summed E-state index contributed by atoms with van der Waals surface area (Å²) in [6.07, 6.45) is 7.63. The van der Waals surface area contributed by atoms with Crippen LogP contribution in [-0.4, -0.2) is 99.2 Å². The van der Waals surface area contributed by atoms with Crippen molar-refractivity contribution in [3.63, 3.8) is 0 Å². The average molecular weight is 844 g/mol. The van der Waals surface area contributed by atoms with Gasteiger partial charge in [-0.15, -0.1) is 0 Å². The number of carbonyl (C=O) groups excluding carboxylic acids is 1. The summed E-state index contributed by atoms with van der Waals surface area (Å²) >= 11 is 0. The predicted molar refractivity (Wildman–Crippen MR) is 243 cm³/mol. The van der Waals surface area contributed by atoms with Gasteiger partial charge in [-0.3, -0.25) is 9.69 Å². The predicted octanol–water partition coefficient (Wildman–Crippen LogP) is 8.41. The minimum absolute atomic E-state index is 0.0164. The molecule has 1 aliphatic carbocycles. The third-order valence-corrected chi connectivity index (χ3v) is 12.5. The molecule has 5 aromatic rings. The van der Waals surface area contributed by atoms with E-state index in [4.69, 9.17) is 19.7 Å². The highest BCUT2D eigenvalue weighted by Gasteiger charge is 2.26. The average Bonchev–Trinajstić information content (AvgIpc) is 3.76. The van der Waals surface area contributed by atoms with Gasteiger partial charge in [0.25, 0.3) is 0 Å². The van der Waals surface area contributed by atoms with Crippen molar-refractivity contribution in [1.82, 2.24) is 29.8 Å². The lowest BCUT2D eigenvalue weighted by atomic mass is 9.78. The summed E-state index contributed by atoms with van der Waals surface area (Å²) in [4.78, 5) is 40.5. The monoisotopic (exact) mass is 843 g/mol. The molecule has 3 fully saturated rings. The van der Waals surface area contributed by atoms with E-state index in [0.717, 1.165) is 94.1 Å². The normalized spacial score (nSPS) is 19.6. The number of halogens is 1. The molecule has 62 heavy (non-hydrogen) atoms. The van der Waals surface area contributed by atoms with Gasteiger partial charge >= 0.3 is 0 Å². The second kappa shape index (κ2) is 19.8. The number of likely N-dealkylation sites (tertiary alicyclic amines) is 1. The summed E-state index contributed by atoms with van der Waals surface area (Å²) in [5, 5.41) is 23.7. The Labute approximate surface area is 363 Å². The Morgan fingerprint density at radius 1 is 0.774 bits per heavy atom. The summed E-state index contributed by atoms with van der Waals surface area (Å²) < 4.78 is 19.7. The van der Waals surface area contributed by atoms with Gasteiger partial charge in [0.05, 0.1) is 18.9 Å². The topological polar surface area (TPSA) is 166 Å². The molecule has 326 valence electrons. The number of ketones is 1. The fraction of sp³-hybridized carbons (Fsp3) is 0.447. The summed E-state index contributed by atoms with van der Waals surface area (Å²) in [7, 11) is 1.44. The number of nitrogens with zero attached hydrogens (tertiary/aromatic N) is 7. The molecule has 2 aliphatic heterocycles. The number of benzene rings is 3. The molecule has 3 aromatic carbocycles. The number of ether oxygens (including phenoxy) is 1. The standard InChI is InChI=1S/C47H58FN11O3/c1-4-58-22-6-9-38(58)29-50-45-55-44(56-47(57-45)52-37-18-19-42(62-3)40(48)26-37)49-28-31-10-12-33(13-11-31)34-7-5-8-35(25-34)41-27-43(59-23-20-39(61)21-24-59)54-46(53-41)51-36-16-14-32(15-17-36)30(2)60/h5,7-8,14-19,25-27,31,33,38-39,61H,4,6,9-13,20-24,28-29H2,1-3H3,(H,51,53,54)(H3,49,50,52,55,56,57). The maximum Gasteiger partial charge on any atom is 0.233 e. The summed E-state index contributed by atoms with van der Waals surface area (Å²) in [5.41, 5.74) is 5.11. The molecular formula is C47H58FN11O3. The van der Waals surface area contributed by atoms with Crippen LogP contribution < -0.4 is 30.9 Å². The SMILES string of the molecule is CCN1CCCC1CNc1nc(NCC2CCC(c3cccc(-c4cc(N5CCC(O)CC5)nc(Nc5ccc(C(C)=O)cc5)n4)c3)CC2)nc(Nc2ccc(OC)c(F)c2)n1. The van der Waals surface area contributed by atoms with Crippen LogP contribution in [-0.2, 0) is 0 Å². The minimum atomic E-state index is -0.471. The van der Waals surface area contributed by atoms with Crippen molar-refractivity contribution in [2.24, 2.45) is 5.92 Å². The zero-order chi connectivity index (χ0) is 43.0. The smallest absolute Gasteiger partial charge is 0.233 e. The number of piperidine rings is 1. The lowest BCUT2D eigenvalue weighted by molar-refractivity contribution is 0.101. The molecule has 0 spiro atoms. The van der Waals surface area contributed by atoms with Crippen LogP contribution in [0.2, 0.25) is 0 Å². The zero-order valence-corrected chi connectivity index (χ0v) is 35.9. The van der Waals surface area contributed by atoms with Gasteiger partial charge in [-0.05, 0) is 131 Å². The molecule has 15 heteroatoms. The van der Waals surface area contributed by atoms with E-state index in [9.17, 15) is 14.3 Å². The van der Waals surface area contributed by atoms with Crippen LogP contribution in [0.3, 0.4) is 0 Å². The van der Waals surface area contributed by atoms with Crippen LogP contribution in [0, 0.1) is 11.7 Å². The molecule has 0 bridgehead atoms. The van der Waals surface area contributed by atoms with Crippen LogP contribution in [0.4, 0.5) is 45.4 Å². The molecule has 8 rings (SSSR count). The van der Waals surface area contributed by atoms with Crippen molar-refractivity contribution in [3.05, 3.63) is 89.7 Å². The Hall–Kier alpha value is -5.93. The van der Waals surface area contributed by atoms with Gasteiger partial charge in [-0.1, -0.05) is 25.1 Å². The van der Waals surface area contributed by atoms with Crippen LogP contribution in [0.5, 0.6) is 5.75 Å². The summed E-state index contributed by atoms with van der Waals surface area (Å²) in [6, 6.07) is 23.2. The molecule has 1 unspecified atom stereocenters. The van der Waals surface area contributed by atoms with E-state index in [0.29, 0.717) is 65.8 Å². The van der Waals surface area contributed by atoms with Crippen molar-refractivity contribution in [1.29, 1.82) is 0 Å². The zero-order valence-electron chi connectivity index (χ0n) is 35.9. The van der Waals surface area contributed by atoms with Crippen molar-refractivity contribution in [2.45, 2.75) is 83.3 Å². The molecule has 1 atom stereocenters. The van der Waals surface area contributed by atoms with Crippen molar-refractivity contribution >= 4 is 46.8 Å². The van der Waals surface area contributed by atoms with E-state index in [1.54, 1.807) is 31.2 Å². The fourth-order valence-corrected chi connectivity index (χ4v) is 8.91. The van der Waals surface area contributed by atoms with E-state index >= 15 is 0 Å². The Morgan fingerprint density at radius 3 is 2.18 bits per heavy atom. The molecule has 1 saturated carbocycles. The fourth-order valence-electron chi connectivity index (χ4n) is 8.91. The molecule has 4 heterocycles. The first-order valence-corrected chi connectivity index (χ1v) is 22.1. The quantitative estimate of drug-likeness (QED) is 0.0601. The number of anilines is 7. The van der Waals surface area contributed by atoms with E-state index in [1.165, 1.54) is 25.2 Å². The molecule has 2 aromatic heterocycles. The number of aromatic nitrogens is 5. The Balaban J connectivity index is 0.934. The number of nitrogens with one attached hydrogen (secondary N) is 4. The van der Waals surface area contributed by atoms with Crippen LogP contribution >= 0.6 is 0 Å². The third kappa shape index (κ3) is 10.7. The minimum Gasteiger partial charge on any atom is -0.494 e. The second-order valence-corrected chi connectivity index (χ2v) is 16.7. The molecule has 0 radical (unpaired) electrons. The van der Waals surface area contributed by atoms with Gasteiger partial charge < -0.3 is 36.0 Å². The number of hydrogen-bond donors (Lipinski definition) is 5. The van der Waals surface area contributed by atoms with Crippen LogP contribution in [0.25, 0.3) is 11.3 Å². The second-order valence-electron chi connectivity index (χ2n) is 16.7. The van der Waals surface area contributed by atoms with Gasteiger partial charge in [0.1, 0.15) is 5.82 Å². The largest absolute Gasteiger partial charge is 0.494 e. The van der Waals surface area contributed by atoms with Gasteiger partial charge in [-0.25, -0.2) is 9.37 Å². The van der Waals surface area contributed by atoms with Crippen LogP contribution in [0.1, 0.15) is 87.1 Å². The molecule has 5 N–H and O–H groups in total. The van der Waals surface area contributed by atoms with Gasteiger partial charge in [0.15, 0.2) is 17.3 Å². The maximum atomic E-state index is 14.6. The van der Waals surface area contributed by atoms with Gasteiger partial charge in [0.2, 0.25) is 23.8 Å². The Morgan fingerprint density at radius 2 is 1.47 bits per heavy atom. The third-order valence-electron chi connectivity index (χ3n) is 12.5. The maximum absolute atomic E-state index is 14.6. The highest BCUT2D eigenvalue weighted by atomic mass is 19.1. The first kappa shape index (κ1) is 42.7. The van der Waals surface area contributed by atoms with Crippen LogP contribution in [0.15, 0.2) is 72.8 Å². The number of methoxy groups -OCH3 is 1. The van der Waals surface area contributed by atoms with Gasteiger partial charge in [0, 0.05) is 66.9 Å². The molecule has 3 aliphatic rings.